The molecule has 3 aromatic rings. The summed E-state index contributed by atoms with van der Waals surface area (Å²) in [5.41, 5.74) is 0.772. The van der Waals surface area contributed by atoms with E-state index < -0.39 is 15.9 Å². The zero-order chi connectivity index (χ0) is 23.1. The number of amides is 1. The van der Waals surface area contributed by atoms with Gasteiger partial charge < -0.3 is 19.2 Å². The van der Waals surface area contributed by atoms with Crippen LogP contribution in [0.2, 0.25) is 0 Å². The summed E-state index contributed by atoms with van der Waals surface area (Å²) in [5, 5.41) is 2.69. The minimum absolute atomic E-state index is 0.0596. The van der Waals surface area contributed by atoms with E-state index in [0.717, 1.165) is 0 Å². The number of benzene rings is 2. The molecule has 0 aliphatic carbocycles. The van der Waals surface area contributed by atoms with E-state index in [-0.39, 0.29) is 22.9 Å². The first-order valence-electron chi connectivity index (χ1n) is 10.1. The lowest BCUT2D eigenvalue weighted by Crippen LogP contribution is -2.30. The van der Waals surface area contributed by atoms with Crippen LogP contribution in [-0.4, -0.2) is 38.8 Å². The highest BCUT2D eigenvalue weighted by atomic mass is 32.2. The molecule has 0 fully saturated rings. The van der Waals surface area contributed by atoms with Gasteiger partial charge in [0.25, 0.3) is 5.91 Å². The molecular formula is C23H26N2O6S. The normalized spacial score (nSPS) is 11.4. The number of furan rings is 1. The Kier molecular flexibility index (Phi) is 7.55. The molecule has 1 aromatic heterocycles. The van der Waals surface area contributed by atoms with Gasteiger partial charge in [0.2, 0.25) is 10.0 Å². The molecule has 2 aromatic carbocycles. The van der Waals surface area contributed by atoms with Gasteiger partial charge in [-0.1, -0.05) is 32.0 Å². The number of methoxy groups -OCH3 is 1. The van der Waals surface area contributed by atoms with Crippen molar-refractivity contribution in [3.05, 3.63) is 72.2 Å². The van der Waals surface area contributed by atoms with Crippen molar-refractivity contribution in [2.24, 2.45) is 0 Å². The molecule has 1 N–H and O–H groups in total. The molecule has 0 aliphatic rings. The molecule has 9 heteroatoms. The second kappa shape index (κ2) is 10.3. The molecule has 170 valence electrons. The molecule has 1 heterocycles. The van der Waals surface area contributed by atoms with E-state index in [1.807, 2.05) is 30.3 Å². The number of ether oxygens (including phenoxy) is 2. The van der Waals surface area contributed by atoms with Gasteiger partial charge >= 0.3 is 0 Å². The number of carbonyl (C=O) groups is 1. The third kappa shape index (κ3) is 5.12. The van der Waals surface area contributed by atoms with Crippen LogP contribution >= 0.6 is 0 Å². The summed E-state index contributed by atoms with van der Waals surface area (Å²) in [7, 11) is -2.26. The first-order valence-corrected chi connectivity index (χ1v) is 11.6. The molecule has 0 saturated carbocycles. The zero-order valence-corrected chi connectivity index (χ0v) is 19.0. The summed E-state index contributed by atoms with van der Waals surface area (Å²) in [5.74, 6) is 0.513. The average Bonchev–Trinajstić information content (AvgIpc) is 3.28. The van der Waals surface area contributed by atoms with Crippen LogP contribution in [0.3, 0.4) is 0 Å². The SMILES string of the molecule is CCN(CC)S(=O)(=O)c1ccc(OC)c(NC(=O)c2occc2COc2ccccc2)c1. The molecule has 0 atom stereocenters. The number of nitrogens with zero attached hydrogens (tertiary/aromatic N) is 1. The van der Waals surface area contributed by atoms with Gasteiger partial charge in [0.15, 0.2) is 5.76 Å². The molecule has 0 aliphatic heterocycles. The van der Waals surface area contributed by atoms with Crippen LogP contribution in [-0.2, 0) is 16.6 Å². The van der Waals surface area contributed by atoms with Crippen molar-refractivity contribution in [3.63, 3.8) is 0 Å². The highest BCUT2D eigenvalue weighted by Crippen LogP contribution is 2.30. The van der Waals surface area contributed by atoms with Crippen LogP contribution in [0.25, 0.3) is 0 Å². The van der Waals surface area contributed by atoms with Gasteiger partial charge in [0, 0.05) is 18.7 Å². The summed E-state index contributed by atoms with van der Waals surface area (Å²) in [4.78, 5) is 13.0. The van der Waals surface area contributed by atoms with Crippen molar-refractivity contribution in [1.82, 2.24) is 4.31 Å². The number of nitrogens with one attached hydrogen (secondary N) is 1. The number of para-hydroxylation sites is 1. The maximum absolute atomic E-state index is 12.9. The van der Waals surface area contributed by atoms with Gasteiger partial charge in [-0.05, 0) is 36.4 Å². The summed E-state index contributed by atoms with van der Waals surface area (Å²) < 4.78 is 43.5. The van der Waals surface area contributed by atoms with E-state index >= 15 is 0 Å². The third-order valence-electron chi connectivity index (χ3n) is 4.85. The lowest BCUT2D eigenvalue weighted by Gasteiger charge is -2.19. The van der Waals surface area contributed by atoms with Gasteiger partial charge in [0.05, 0.1) is 24.0 Å². The molecule has 0 radical (unpaired) electrons. The Labute approximate surface area is 187 Å². The maximum atomic E-state index is 12.9. The fourth-order valence-electron chi connectivity index (χ4n) is 3.16. The smallest absolute Gasteiger partial charge is 0.291 e. The monoisotopic (exact) mass is 458 g/mol. The summed E-state index contributed by atoms with van der Waals surface area (Å²) in [6.07, 6.45) is 1.40. The lowest BCUT2D eigenvalue weighted by atomic mass is 10.2. The third-order valence-corrected chi connectivity index (χ3v) is 6.90. The van der Waals surface area contributed by atoms with Crippen LogP contribution in [0.4, 0.5) is 5.69 Å². The number of rotatable bonds is 10. The number of anilines is 1. The number of hydrogen-bond donors (Lipinski definition) is 1. The van der Waals surface area contributed by atoms with Crippen LogP contribution in [0.15, 0.2) is 70.2 Å². The van der Waals surface area contributed by atoms with E-state index in [1.54, 1.807) is 19.9 Å². The zero-order valence-electron chi connectivity index (χ0n) is 18.2. The van der Waals surface area contributed by atoms with E-state index in [1.165, 1.54) is 35.9 Å². The Hall–Kier alpha value is -3.30. The number of hydrogen-bond acceptors (Lipinski definition) is 6. The lowest BCUT2D eigenvalue weighted by molar-refractivity contribution is 0.0993. The highest BCUT2D eigenvalue weighted by Gasteiger charge is 2.24. The maximum Gasteiger partial charge on any atom is 0.291 e. The molecule has 3 rings (SSSR count). The van der Waals surface area contributed by atoms with E-state index in [2.05, 4.69) is 5.32 Å². The van der Waals surface area contributed by atoms with Crippen LogP contribution in [0, 0.1) is 0 Å². The van der Waals surface area contributed by atoms with Crippen molar-refractivity contribution in [3.8, 4) is 11.5 Å². The predicted octanol–water partition coefficient (Wildman–Crippen LogP) is 4.15. The van der Waals surface area contributed by atoms with Crippen LogP contribution in [0.1, 0.15) is 30.0 Å². The first kappa shape index (κ1) is 23.4. The van der Waals surface area contributed by atoms with Crippen molar-refractivity contribution in [2.75, 3.05) is 25.5 Å². The van der Waals surface area contributed by atoms with Crippen molar-refractivity contribution >= 4 is 21.6 Å². The topological polar surface area (TPSA) is 98.1 Å². The molecule has 32 heavy (non-hydrogen) atoms. The predicted molar refractivity (Wildman–Crippen MR) is 121 cm³/mol. The number of sulfonamides is 1. The van der Waals surface area contributed by atoms with Crippen LogP contribution < -0.4 is 14.8 Å². The Morgan fingerprint density at radius 1 is 1.06 bits per heavy atom. The van der Waals surface area contributed by atoms with Gasteiger partial charge in [-0.25, -0.2) is 8.42 Å². The largest absolute Gasteiger partial charge is 0.495 e. The molecule has 0 unspecified atom stereocenters. The van der Waals surface area contributed by atoms with Gasteiger partial charge in [-0.3, -0.25) is 4.79 Å². The van der Waals surface area contributed by atoms with E-state index in [0.29, 0.717) is 30.2 Å². The van der Waals surface area contributed by atoms with Gasteiger partial charge in [-0.2, -0.15) is 4.31 Å². The van der Waals surface area contributed by atoms with Crippen molar-refractivity contribution in [2.45, 2.75) is 25.3 Å². The second-order valence-electron chi connectivity index (χ2n) is 6.78. The second-order valence-corrected chi connectivity index (χ2v) is 8.72. The number of carbonyl (C=O) groups excluding carboxylic acids is 1. The average molecular weight is 459 g/mol. The fourth-order valence-corrected chi connectivity index (χ4v) is 4.65. The molecular weight excluding hydrogens is 432 g/mol. The minimum Gasteiger partial charge on any atom is -0.495 e. The fraction of sp³-hybridized carbons (Fsp3) is 0.261. The summed E-state index contributed by atoms with van der Waals surface area (Å²) in [6, 6.07) is 15.2. The Bertz CT molecular complexity index is 1150. The molecule has 0 saturated heterocycles. The molecule has 1 amide bonds. The Balaban J connectivity index is 1.83. The Morgan fingerprint density at radius 2 is 1.78 bits per heavy atom. The van der Waals surface area contributed by atoms with E-state index in [9.17, 15) is 13.2 Å². The van der Waals surface area contributed by atoms with Crippen molar-refractivity contribution < 1.29 is 27.1 Å². The van der Waals surface area contributed by atoms with E-state index in [4.69, 9.17) is 13.9 Å². The van der Waals surface area contributed by atoms with Crippen molar-refractivity contribution in [1.29, 1.82) is 0 Å². The minimum atomic E-state index is -3.70. The Morgan fingerprint density at radius 3 is 2.44 bits per heavy atom. The van der Waals surface area contributed by atoms with Gasteiger partial charge in [-0.15, -0.1) is 0 Å². The summed E-state index contributed by atoms with van der Waals surface area (Å²) >= 11 is 0. The molecule has 0 spiro atoms. The highest BCUT2D eigenvalue weighted by molar-refractivity contribution is 7.89. The summed E-state index contributed by atoms with van der Waals surface area (Å²) in [6.45, 7) is 4.34. The molecule has 0 bridgehead atoms. The first-order chi connectivity index (χ1) is 15.4. The van der Waals surface area contributed by atoms with Gasteiger partial charge in [0.1, 0.15) is 18.1 Å². The quantitative estimate of drug-likeness (QED) is 0.490. The standard InChI is InChI=1S/C23H26N2O6S/c1-4-25(5-2)32(27,28)19-11-12-21(29-3)20(15-19)24-23(26)22-17(13-14-30-22)16-31-18-9-7-6-8-10-18/h6-15H,4-5,16H2,1-3H3,(H,24,26). The molecule has 8 nitrogen and oxygen atoms in total. The van der Waals surface area contributed by atoms with Crippen LogP contribution in [0.5, 0.6) is 11.5 Å².